The SMILES string of the molecule is CN1C(=O)CC[C@@]2(C)C1CC[C@@H]1[C@H]2CC[C@]2(C)C(CCO)CC[C@@H]12. The summed E-state index contributed by atoms with van der Waals surface area (Å²) < 4.78 is 0. The van der Waals surface area contributed by atoms with E-state index in [1.54, 1.807) is 0 Å². The first-order valence-electron chi connectivity index (χ1n) is 10.3. The average Bonchev–Trinajstić information content (AvgIpc) is 2.89. The Morgan fingerprint density at radius 3 is 2.54 bits per heavy atom. The van der Waals surface area contributed by atoms with Crippen LogP contribution in [0, 0.1) is 34.5 Å². The van der Waals surface area contributed by atoms with Crippen molar-refractivity contribution in [3.05, 3.63) is 0 Å². The van der Waals surface area contributed by atoms with E-state index in [1.807, 2.05) is 7.05 Å². The van der Waals surface area contributed by atoms with Crippen molar-refractivity contribution in [2.45, 2.75) is 77.7 Å². The van der Waals surface area contributed by atoms with Crippen molar-refractivity contribution in [2.75, 3.05) is 13.7 Å². The average molecular weight is 334 g/mol. The minimum Gasteiger partial charge on any atom is -0.396 e. The van der Waals surface area contributed by atoms with Gasteiger partial charge in [-0.3, -0.25) is 4.79 Å². The number of carbonyl (C=O) groups excluding carboxylic acids is 1. The number of fused-ring (bicyclic) bond motifs is 5. The normalized spacial score (nSPS) is 51.1. The third-order valence-electron chi connectivity index (χ3n) is 9.23. The maximum absolute atomic E-state index is 12.2. The number of nitrogens with zero attached hydrogens (tertiary/aromatic N) is 1. The van der Waals surface area contributed by atoms with Crippen LogP contribution < -0.4 is 0 Å². The van der Waals surface area contributed by atoms with Crippen LogP contribution in [0.4, 0.5) is 0 Å². The van der Waals surface area contributed by atoms with Crippen molar-refractivity contribution in [1.82, 2.24) is 4.90 Å². The highest BCUT2D eigenvalue weighted by Gasteiger charge is 2.60. The van der Waals surface area contributed by atoms with E-state index in [1.165, 1.54) is 38.5 Å². The van der Waals surface area contributed by atoms with E-state index in [0.717, 1.165) is 42.9 Å². The Morgan fingerprint density at radius 1 is 1.04 bits per heavy atom. The lowest BCUT2D eigenvalue weighted by molar-refractivity contribution is -0.158. The van der Waals surface area contributed by atoms with E-state index in [2.05, 4.69) is 18.7 Å². The number of likely N-dealkylation sites (tertiary alicyclic amines) is 1. The third-order valence-corrected chi connectivity index (χ3v) is 9.23. The first kappa shape index (κ1) is 16.9. The predicted molar refractivity (Wildman–Crippen MR) is 95.4 cm³/mol. The Labute approximate surface area is 147 Å². The molecule has 0 aromatic rings. The van der Waals surface area contributed by atoms with E-state index in [4.69, 9.17) is 0 Å². The molecule has 1 saturated heterocycles. The topological polar surface area (TPSA) is 40.5 Å². The van der Waals surface area contributed by atoms with Gasteiger partial charge < -0.3 is 10.0 Å². The first-order valence-corrected chi connectivity index (χ1v) is 10.3. The summed E-state index contributed by atoms with van der Waals surface area (Å²) in [7, 11) is 2.05. The van der Waals surface area contributed by atoms with E-state index >= 15 is 0 Å². The molecule has 2 unspecified atom stereocenters. The second kappa shape index (κ2) is 5.72. The summed E-state index contributed by atoms with van der Waals surface area (Å²) in [4.78, 5) is 14.3. The van der Waals surface area contributed by atoms with Gasteiger partial charge in [0.2, 0.25) is 5.91 Å². The number of piperidine rings is 1. The molecule has 0 radical (unpaired) electrons. The molecule has 24 heavy (non-hydrogen) atoms. The van der Waals surface area contributed by atoms with E-state index in [0.29, 0.717) is 29.4 Å². The van der Waals surface area contributed by atoms with E-state index in [9.17, 15) is 9.90 Å². The Morgan fingerprint density at radius 2 is 1.79 bits per heavy atom. The fraction of sp³-hybridized carbons (Fsp3) is 0.952. The zero-order valence-electron chi connectivity index (χ0n) is 15.8. The summed E-state index contributed by atoms with van der Waals surface area (Å²) in [6.45, 7) is 5.39. The van der Waals surface area contributed by atoms with Crippen LogP contribution in [-0.4, -0.2) is 35.6 Å². The molecular formula is C21H35NO2. The molecule has 4 fully saturated rings. The van der Waals surface area contributed by atoms with Gasteiger partial charge in [-0.05, 0) is 85.9 Å². The second-order valence-corrected chi connectivity index (χ2v) is 9.81. The van der Waals surface area contributed by atoms with Gasteiger partial charge in [0.15, 0.2) is 0 Å². The lowest BCUT2D eigenvalue weighted by Crippen LogP contribution is -2.61. The van der Waals surface area contributed by atoms with Crippen molar-refractivity contribution in [2.24, 2.45) is 34.5 Å². The zero-order chi connectivity index (χ0) is 17.1. The van der Waals surface area contributed by atoms with Gasteiger partial charge in [0.1, 0.15) is 0 Å². The molecule has 7 atom stereocenters. The molecule has 3 saturated carbocycles. The van der Waals surface area contributed by atoms with Crippen LogP contribution in [0.5, 0.6) is 0 Å². The van der Waals surface area contributed by atoms with Crippen LogP contribution in [0.2, 0.25) is 0 Å². The molecule has 3 aliphatic carbocycles. The molecule has 0 spiro atoms. The van der Waals surface area contributed by atoms with Gasteiger partial charge in [-0.1, -0.05) is 13.8 Å². The maximum Gasteiger partial charge on any atom is 0.222 e. The van der Waals surface area contributed by atoms with Crippen LogP contribution >= 0.6 is 0 Å². The van der Waals surface area contributed by atoms with Crippen LogP contribution in [0.3, 0.4) is 0 Å². The molecule has 3 heteroatoms. The number of hydrogen-bond acceptors (Lipinski definition) is 2. The molecule has 1 amide bonds. The van der Waals surface area contributed by atoms with Crippen molar-refractivity contribution >= 4 is 5.91 Å². The molecule has 0 bridgehead atoms. The van der Waals surface area contributed by atoms with E-state index in [-0.39, 0.29) is 0 Å². The van der Waals surface area contributed by atoms with Crippen LogP contribution in [0.1, 0.15) is 71.6 Å². The van der Waals surface area contributed by atoms with Gasteiger partial charge in [-0.2, -0.15) is 0 Å². The summed E-state index contributed by atoms with van der Waals surface area (Å²) in [5.41, 5.74) is 0.797. The molecule has 4 rings (SSSR count). The van der Waals surface area contributed by atoms with Crippen molar-refractivity contribution < 1.29 is 9.90 Å². The number of aliphatic hydroxyl groups is 1. The van der Waals surface area contributed by atoms with Crippen LogP contribution in [0.25, 0.3) is 0 Å². The third kappa shape index (κ3) is 2.15. The first-order chi connectivity index (χ1) is 11.4. The van der Waals surface area contributed by atoms with Crippen LogP contribution in [0.15, 0.2) is 0 Å². The summed E-state index contributed by atoms with van der Waals surface area (Å²) >= 11 is 0. The van der Waals surface area contributed by atoms with Crippen LogP contribution in [-0.2, 0) is 4.79 Å². The molecule has 0 aromatic heterocycles. The van der Waals surface area contributed by atoms with E-state index < -0.39 is 0 Å². The molecule has 3 nitrogen and oxygen atoms in total. The van der Waals surface area contributed by atoms with Gasteiger partial charge >= 0.3 is 0 Å². The fourth-order valence-corrected chi connectivity index (χ4v) is 7.89. The minimum atomic E-state index is 0.335. The monoisotopic (exact) mass is 333 g/mol. The fourth-order valence-electron chi connectivity index (χ4n) is 7.89. The largest absolute Gasteiger partial charge is 0.396 e. The highest BCUT2D eigenvalue weighted by atomic mass is 16.3. The second-order valence-electron chi connectivity index (χ2n) is 9.81. The molecular weight excluding hydrogens is 298 g/mol. The predicted octanol–water partition coefficient (Wildman–Crippen LogP) is 3.85. The van der Waals surface area contributed by atoms with Gasteiger partial charge in [0, 0.05) is 26.1 Å². The molecule has 4 aliphatic rings. The zero-order valence-corrected chi connectivity index (χ0v) is 15.8. The quantitative estimate of drug-likeness (QED) is 0.834. The van der Waals surface area contributed by atoms with Gasteiger partial charge in [-0.15, -0.1) is 0 Å². The van der Waals surface area contributed by atoms with Crippen molar-refractivity contribution in [3.63, 3.8) is 0 Å². The Balaban J connectivity index is 1.61. The van der Waals surface area contributed by atoms with Gasteiger partial charge in [-0.25, -0.2) is 0 Å². The summed E-state index contributed by atoms with van der Waals surface area (Å²) in [6, 6.07) is 0.471. The minimum absolute atomic E-state index is 0.335. The summed E-state index contributed by atoms with van der Waals surface area (Å²) in [5.74, 6) is 3.61. The maximum atomic E-state index is 12.2. The molecule has 136 valence electrons. The molecule has 1 N–H and O–H groups in total. The molecule has 1 aliphatic heterocycles. The summed E-state index contributed by atoms with van der Waals surface area (Å²) in [6.07, 6.45) is 10.8. The molecule has 0 aromatic carbocycles. The van der Waals surface area contributed by atoms with Gasteiger partial charge in [0.05, 0.1) is 0 Å². The molecule has 1 heterocycles. The number of amides is 1. The summed E-state index contributed by atoms with van der Waals surface area (Å²) in [5, 5.41) is 9.48. The number of carbonyl (C=O) groups is 1. The number of hydrogen-bond donors (Lipinski definition) is 1. The lowest BCUT2D eigenvalue weighted by Gasteiger charge is -2.61. The Hall–Kier alpha value is -0.570. The smallest absolute Gasteiger partial charge is 0.222 e. The number of aliphatic hydroxyl groups excluding tert-OH is 1. The van der Waals surface area contributed by atoms with Gasteiger partial charge in [0.25, 0.3) is 0 Å². The standard InChI is InChI=1S/C21H35NO2/c1-20-11-8-17-15(16(20)6-4-14(20)10-13-23)5-7-18-21(17,2)12-9-19(24)22(18)3/h14-18,23H,4-13H2,1-3H3/t14?,15-,16-,17+,18?,20+,21+/m0/s1. The number of rotatable bonds is 2. The lowest BCUT2D eigenvalue weighted by atomic mass is 9.46. The highest BCUT2D eigenvalue weighted by Crippen LogP contribution is 2.66. The Kier molecular flexibility index (Phi) is 4.02. The van der Waals surface area contributed by atoms with Crippen molar-refractivity contribution in [3.8, 4) is 0 Å². The Bertz CT molecular complexity index is 520. The van der Waals surface area contributed by atoms with Crippen molar-refractivity contribution in [1.29, 1.82) is 0 Å². The highest BCUT2D eigenvalue weighted by molar-refractivity contribution is 5.77.